The molecule has 11 heteroatoms. The number of nitrogens with one attached hydrogen (secondary N) is 1. The Balaban J connectivity index is 0.996. The maximum Gasteiger partial charge on any atom is 0.227 e. The second-order valence-electron chi connectivity index (χ2n) is 10.8. The summed E-state index contributed by atoms with van der Waals surface area (Å²) in [6.45, 7) is 4.17. The number of ether oxygens (including phenoxy) is 1. The largest absolute Gasteiger partial charge is 0.377 e. The molecule has 3 heterocycles. The summed E-state index contributed by atoms with van der Waals surface area (Å²) in [5.74, 6) is 2.88. The number of nitrogens with zero attached hydrogens (tertiary/aromatic N) is 5. The molecule has 208 valence electrons. The molecule has 3 N–H and O–H groups in total. The summed E-state index contributed by atoms with van der Waals surface area (Å²) in [4.78, 5) is 25.2. The SMILES string of the molecule is N=C[N+]1=C(N)CN(C(=O)Cc2ccc(COCC[C@@H]3C[C@@H]3C3CCN(c4ncc(Cl)cn4)CC3)cc2F)CC1. The maximum atomic E-state index is 14.7. The molecule has 1 saturated heterocycles. The van der Waals surface area contributed by atoms with Crippen LogP contribution in [0.1, 0.15) is 36.8 Å². The lowest BCUT2D eigenvalue weighted by Gasteiger charge is -2.32. The monoisotopic (exact) mass is 556 g/mol. The number of piperidine rings is 1. The lowest BCUT2D eigenvalue weighted by molar-refractivity contribution is -0.408. The standard InChI is InChI=1S/C28H35ClFN7O2/c29-23-14-33-28(34-15-23)35-6-3-20(4-7-35)24-12-21(24)5-10-39-17-19-1-2-22(25(30)11-19)13-27(38)36-8-9-37(18-31)26(32)16-36/h1-2,11,14-15,18,20-21,24,31-32H,3-10,12-13,16-17H2/p+1/t21-,24-/m1/s1. The molecule has 2 aliphatic heterocycles. The highest BCUT2D eigenvalue weighted by molar-refractivity contribution is 6.30. The van der Waals surface area contributed by atoms with E-state index in [0.29, 0.717) is 48.6 Å². The quantitative estimate of drug-likeness (QED) is 0.201. The van der Waals surface area contributed by atoms with Gasteiger partial charge in [0.15, 0.2) is 0 Å². The number of halogens is 2. The van der Waals surface area contributed by atoms with Gasteiger partial charge in [0.2, 0.25) is 24.0 Å². The van der Waals surface area contributed by atoms with E-state index in [-0.39, 0.29) is 18.9 Å². The van der Waals surface area contributed by atoms with E-state index in [1.807, 2.05) is 6.07 Å². The summed E-state index contributed by atoms with van der Waals surface area (Å²) in [5, 5.41) is 7.89. The van der Waals surface area contributed by atoms with Crippen LogP contribution in [0.2, 0.25) is 5.02 Å². The highest BCUT2D eigenvalue weighted by Crippen LogP contribution is 2.49. The number of nitrogens with two attached hydrogens (primary N) is 1. The number of rotatable bonds is 10. The molecule has 39 heavy (non-hydrogen) atoms. The smallest absolute Gasteiger partial charge is 0.227 e. The van der Waals surface area contributed by atoms with Crippen molar-refractivity contribution in [2.45, 2.75) is 38.7 Å². The lowest BCUT2D eigenvalue weighted by Crippen LogP contribution is -2.50. The van der Waals surface area contributed by atoms with Crippen molar-refractivity contribution >= 4 is 35.6 Å². The molecule has 0 radical (unpaired) electrons. The molecule has 0 bridgehead atoms. The molecule has 3 aliphatic rings. The molecule has 9 nitrogen and oxygen atoms in total. The molecule has 2 aromatic rings. The number of amides is 1. The normalized spacial score (nSPS) is 21.8. The predicted molar refractivity (Wildman–Crippen MR) is 148 cm³/mol. The van der Waals surface area contributed by atoms with Gasteiger partial charge in [-0.3, -0.25) is 4.79 Å². The summed E-state index contributed by atoms with van der Waals surface area (Å²) in [6.07, 6.45) is 9.06. The van der Waals surface area contributed by atoms with Crippen molar-refractivity contribution in [2.75, 3.05) is 44.2 Å². The highest BCUT2D eigenvalue weighted by atomic mass is 35.5. The first-order valence-corrected chi connectivity index (χ1v) is 14.0. The third-order valence-electron chi connectivity index (χ3n) is 8.21. The fourth-order valence-corrected chi connectivity index (χ4v) is 5.90. The number of carbonyl (C=O) groups is 1. The van der Waals surface area contributed by atoms with Crippen LogP contribution in [0, 0.1) is 29.0 Å². The average Bonchev–Trinajstić information content (AvgIpc) is 3.72. The zero-order valence-electron chi connectivity index (χ0n) is 22.1. The van der Waals surface area contributed by atoms with Crippen molar-refractivity contribution in [1.29, 1.82) is 5.41 Å². The fraction of sp³-hybridized carbons (Fsp3) is 0.536. The Labute approximate surface area is 233 Å². The fourth-order valence-electron chi connectivity index (χ4n) is 5.80. The third-order valence-corrected chi connectivity index (χ3v) is 8.41. The van der Waals surface area contributed by atoms with Gasteiger partial charge in [-0.2, -0.15) is 5.41 Å². The average molecular weight is 557 g/mol. The number of carbonyl (C=O) groups excluding carboxylic acids is 1. The number of anilines is 1. The Morgan fingerprint density at radius 3 is 2.72 bits per heavy atom. The van der Waals surface area contributed by atoms with Crippen molar-refractivity contribution in [1.82, 2.24) is 14.9 Å². The number of aromatic nitrogens is 2. The minimum Gasteiger partial charge on any atom is -0.377 e. The van der Waals surface area contributed by atoms with Crippen LogP contribution >= 0.6 is 11.6 Å². The van der Waals surface area contributed by atoms with Gasteiger partial charge in [0.25, 0.3) is 0 Å². The van der Waals surface area contributed by atoms with Crippen molar-refractivity contribution in [3.63, 3.8) is 0 Å². The Kier molecular flexibility index (Phi) is 8.72. The van der Waals surface area contributed by atoms with Gasteiger partial charge in [-0.15, -0.1) is 0 Å². The van der Waals surface area contributed by atoms with Crippen molar-refractivity contribution in [2.24, 2.45) is 23.5 Å². The van der Waals surface area contributed by atoms with E-state index in [9.17, 15) is 9.18 Å². The van der Waals surface area contributed by atoms with Crippen molar-refractivity contribution in [3.05, 3.63) is 52.6 Å². The zero-order chi connectivity index (χ0) is 27.4. The number of hydrogen-bond donors (Lipinski definition) is 2. The molecule has 2 atom stereocenters. The van der Waals surface area contributed by atoms with Crippen LogP contribution in [0.4, 0.5) is 10.3 Å². The van der Waals surface area contributed by atoms with Crippen LogP contribution in [-0.2, 0) is 22.6 Å². The van der Waals surface area contributed by atoms with Crippen LogP contribution in [0.3, 0.4) is 0 Å². The second kappa shape index (κ2) is 12.4. The van der Waals surface area contributed by atoms with Gasteiger partial charge in [-0.05, 0) is 60.6 Å². The van der Waals surface area contributed by atoms with Crippen molar-refractivity contribution < 1.29 is 18.5 Å². The summed E-state index contributed by atoms with van der Waals surface area (Å²) in [7, 11) is 0. The second-order valence-corrected chi connectivity index (χ2v) is 11.2. The van der Waals surface area contributed by atoms with Gasteiger partial charge in [-0.1, -0.05) is 23.7 Å². The van der Waals surface area contributed by atoms with Crippen LogP contribution in [0.25, 0.3) is 0 Å². The minimum atomic E-state index is -0.392. The van der Waals surface area contributed by atoms with E-state index in [0.717, 1.165) is 62.0 Å². The Bertz CT molecular complexity index is 1220. The van der Waals surface area contributed by atoms with Crippen LogP contribution in [-0.4, -0.2) is 76.9 Å². The van der Waals surface area contributed by atoms with E-state index < -0.39 is 5.82 Å². The van der Waals surface area contributed by atoms with Crippen LogP contribution < -0.4 is 10.6 Å². The molecule has 1 aromatic carbocycles. The lowest BCUT2D eigenvalue weighted by atomic mass is 9.90. The van der Waals surface area contributed by atoms with Gasteiger partial charge in [0.1, 0.15) is 12.4 Å². The summed E-state index contributed by atoms with van der Waals surface area (Å²) >= 11 is 5.90. The Morgan fingerprint density at radius 2 is 2.03 bits per heavy atom. The number of amidine groups is 1. The maximum absolute atomic E-state index is 14.7. The van der Waals surface area contributed by atoms with Crippen LogP contribution in [0.15, 0.2) is 30.6 Å². The van der Waals surface area contributed by atoms with Gasteiger partial charge in [0, 0.05) is 19.7 Å². The topological polar surface area (TPSA) is 111 Å². The molecular formula is C28H36ClFN7O2+. The molecule has 2 fully saturated rings. The van der Waals surface area contributed by atoms with Gasteiger partial charge in [-0.25, -0.2) is 18.9 Å². The first-order chi connectivity index (χ1) is 18.9. The highest BCUT2D eigenvalue weighted by Gasteiger charge is 2.43. The van der Waals surface area contributed by atoms with Gasteiger partial charge < -0.3 is 20.3 Å². The summed E-state index contributed by atoms with van der Waals surface area (Å²) in [5.41, 5.74) is 7.05. The number of hydrogen-bond acceptors (Lipinski definition) is 7. The molecule has 0 unspecified atom stereocenters. The van der Waals surface area contributed by atoms with Crippen LogP contribution in [0.5, 0.6) is 0 Å². The first kappa shape index (κ1) is 27.5. The van der Waals surface area contributed by atoms with E-state index in [1.165, 1.54) is 12.5 Å². The van der Waals surface area contributed by atoms with Gasteiger partial charge >= 0.3 is 0 Å². The molecule has 5 rings (SSSR count). The van der Waals surface area contributed by atoms with Gasteiger partial charge in [0.05, 0.1) is 43.5 Å². The molecule has 1 saturated carbocycles. The Hall–Kier alpha value is -3.11. The third kappa shape index (κ3) is 6.91. The van der Waals surface area contributed by atoms with E-state index in [1.54, 1.807) is 27.9 Å². The molecule has 1 aromatic heterocycles. The first-order valence-electron chi connectivity index (χ1n) is 13.6. The summed E-state index contributed by atoms with van der Waals surface area (Å²) in [6, 6.07) is 4.97. The minimum absolute atomic E-state index is 0.0143. The Morgan fingerprint density at radius 1 is 1.26 bits per heavy atom. The van der Waals surface area contributed by atoms with E-state index >= 15 is 0 Å². The molecular weight excluding hydrogens is 521 g/mol. The molecule has 0 spiro atoms. The summed E-state index contributed by atoms with van der Waals surface area (Å²) < 4.78 is 22.2. The number of benzene rings is 1. The molecule has 1 amide bonds. The zero-order valence-corrected chi connectivity index (χ0v) is 22.8. The van der Waals surface area contributed by atoms with E-state index in [4.69, 9.17) is 27.5 Å². The van der Waals surface area contributed by atoms with Crippen molar-refractivity contribution in [3.8, 4) is 0 Å². The van der Waals surface area contributed by atoms with E-state index in [2.05, 4.69) is 14.9 Å². The predicted octanol–water partition coefficient (Wildman–Crippen LogP) is 3.09. The molecule has 1 aliphatic carbocycles.